The summed E-state index contributed by atoms with van der Waals surface area (Å²) in [5.41, 5.74) is 2.88. The van der Waals surface area contributed by atoms with Crippen LogP contribution in [0.4, 0.5) is 34.1 Å². The van der Waals surface area contributed by atoms with Crippen molar-refractivity contribution in [2.24, 2.45) is 20.5 Å². The Morgan fingerprint density at radius 3 is 1.34 bits per heavy atom. The first-order valence-corrected chi connectivity index (χ1v) is 20.6. The monoisotopic (exact) mass is 954 g/mol. The van der Waals surface area contributed by atoms with Crippen molar-refractivity contribution >= 4 is 139 Å². The predicted molar refractivity (Wildman–Crippen MR) is 242 cm³/mol. The molecule has 20 heteroatoms. The van der Waals surface area contributed by atoms with E-state index in [2.05, 4.69) is 41.7 Å². The van der Waals surface area contributed by atoms with Crippen molar-refractivity contribution in [3.8, 4) is 0 Å². The number of alkyl halides is 2. The van der Waals surface area contributed by atoms with Gasteiger partial charge in [0.05, 0.1) is 27.1 Å². The largest absolute Gasteiger partial charge is 0.324 e. The van der Waals surface area contributed by atoms with Crippen molar-refractivity contribution in [1.82, 2.24) is 0 Å². The van der Waals surface area contributed by atoms with Crippen LogP contribution in [0.3, 0.4) is 0 Å². The Balaban J connectivity index is 1.26. The highest BCUT2D eigenvalue weighted by atomic mass is 35.5. The van der Waals surface area contributed by atoms with Crippen LogP contribution < -0.4 is 21.3 Å². The number of carbonyl (C=O) groups excluding carboxylic acids is 6. The Bertz CT molecular complexity index is 2620. The summed E-state index contributed by atoms with van der Waals surface area (Å²) in [7, 11) is 0. The van der Waals surface area contributed by atoms with E-state index >= 15 is 0 Å². The molecule has 2 atom stereocenters. The SMILES string of the molecule is CC(=O)C(N=Nc1cc(Cl)cc(C(=O)Nc2cccc(CCl)c2)c1)C(=O)Nc1cc(Cl)c(NC(=O)C(N=Nc2cc(Cl)cc(C(=O)Nc3cccc(CCl)c3)c2)C(C)=O)c(Cl)c1. The molecule has 4 amide bonds. The minimum Gasteiger partial charge on any atom is -0.324 e. The lowest BCUT2D eigenvalue weighted by Gasteiger charge is -2.15. The van der Waals surface area contributed by atoms with Crippen LogP contribution in [0.5, 0.6) is 0 Å². The fourth-order valence-electron chi connectivity index (χ4n) is 5.45. The molecule has 2 unspecified atom stereocenters. The van der Waals surface area contributed by atoms with Gasteiger partial charge in [0.1, 0.15) is 0 Å². The van der Waals surface area contributed by atoms with Gasteiger partial charge in [-0.15, -0.1) is 23.2 Å². The van der Waals surface area contributed by atoms with Crippen molar-refractivity contribution in [1.29, 1.82) is 0 Å². The molecule has 0 spiro atoms. The van der Waals surface area contributed by atoms with Gasteiger partial charge in [-0.25, -0.2) is 0 Å². The van der Waals surface area contributed by atoms with Gasteiger partial charge in [0.2, 0.25) is 12.1 Å². The van der Waals surface area contributed by atoms with Gasteiger partial charge >= 0.3 is 0 Å². The number of nitrogens with zero attached hydrogens (tertiary/aromatic N) is 4. The quantitative estimate of drug-likeness (QED) is 0.0431. The molecule has 0 heterocycles. The van der Waals surface area contributed by atoms with Crippen LogP contribution >= 0.6 is 69.6 Å². The molecule has 0 aliphatic rings. The van der Waals surface area contributed by atoms with Gasteiger partial charge in [0.25, 0.3) is 23.6 Å². The van der Waals surface area contributed by atoms with Crippen molar-refractivity contribution in [2.45, 2.75) is 37.7 Å². The number of ketones is 2. The number of carbonyl (C=O) groups is 6. The van der Waals surface area contributed by atoms with Gasteiger partial charge < -0.3 is 21.3 Å². The van der Waals surface area contributed by atoms with Crippen molar-refractivity contribution in [2.75, 3.05) is 21.3 Å². The molecule has 0 aromatic heterocycles. The molecule has 318 valence electrons. The molecule has 0 saturated heterocycles. The van der Waals surface area contributed by atoms with E-state index in [0.29, 0.717) is 11.4 Å². The fraction of sp³-hybridized carbons (Fsp3) is 0.143. The summed E-state index contributed by atoms with van der Waals surface area (Å²) in [6, 6.07) is 21.3. The normalized spacial score (nSPS) is 12.1. The lowest BCUT2D eigenvalue weighted by molar-refractivity contribution is -0.127. The smallest absolute Gasteiger partial charge is 0.258 e. The number of hydrogen-bond acceptors (Lipinski definition) is 10. The number of halogens is 6. The number of hydrogen-bond donors (Lipinski definition) is 4. The molecule has 0 bridgehead atoms. The number of nitrogens with one attached hydrogen (secondary N) is 4. The number of benzene rings is 5. The van der Waals surface area contributed by atoms with Crippen LogP contribution in [0.1, 0.15) is 45.7 Å². The topological polar surface area (TPSA) is 200 Å². The molecule has 62 heavy (non-hydrogen) atoms. The van der Waals surface area contributed by atoms with Crippen molar-refractivity contribution in [3.63, 3.8) is 0 Å². The summed E-state index contributed by atoms with van der Waals surface area (Å²) in [5, 5.41) is 26.2. The Labute approximate surface area is 384 Å². The molecule has 0 fully saturated rings. The Hall–Kier alpha value is -5.74. The van der Waals surface area contributed by atoms with Gasteiger partial charge in [-0.1, -0.05) is 70.7 Å². The summed E-state index contributed by atoms with van der Waals surface area (Å²) < 4.78 is 0. The minimum atomic E-state index is -1.68. The van der Waals surface area contributed by atoms with Crippen LogP contribution in [0.25, 0.3) is 0 Å². The highest BCUT2D eigenvalue weighted by Crippen LogP contribution is 2.35. The average Bonchev–Trinajstić information content (AvgIpc) is 3.21. The molecule has 14 nitrogen and oxygen atoms in total. The third-order valence-corrected chi connectivity index (χ3v) is 10.0. The number of anilines is 4. The Kier molecular flexibility index (Phi) is 16.7. The Morgan fingerprint density at radius 2 is 0.935 bits per heavy atom. The standard InChI is InChI=1S/C42H32Cl6N8O6/c1-21(57)36(55-53-32-13-25(11-27(45)15-32)39(59)49-29-7-3-5-23(9-29)19-43)41(61)51-31-17-34(47)38(35(48)18-31)52-42(62)37(22(2)58)56-54-33-14-26(12-28(46)16-33)40(60)50-30-8-4-6-24(10-30)20-44/h3-18,36-37H,19-20H2,1-2H3,(H,49,59)(H,50,60)(H,51,61)(H,52,62). The number of amides is 4. The second-order valence-electron chi connectivity index (χ2n) is 13.2. The van der Waals surface area contributed by atoms with Gasteiger partial charge in [0, 0.05) is 50.0 Å². The third kappa shape index (κ3) is 13.1. The van der Waals surface area contributed by atoms with E-state index < -0.39 is 47.3 Å². The maximum absolute atomic E-state index is 13.3. The second kappa shape index (κ2) is 21.9. The number of rotatable bonds is 16. The number of azo groups is 2. The third-order valence-electron chi connectivity index (χ3n) is 8.37. The highest BCUT2D eigenvalue weighted by Gasteiger charge is 2.27. The molecular formula is C42H32Cl6N8O6. The maximum Gasteiger partial charge on any atom is 0.258 e. The summed E-state index contributed by atoms with van der Waals surface area (Å²) in [6.07, 6.45) is 0. The van der Waals surface area contributed by atoms with Crippen LogP contribution in [0, 0.1) is 0 Å². The first-order chi connectivity index (χ1) is 29.5. The molecule has 5 rings (SSSR count). The predicted octanol–water partition coefficient (Wildman–Crippen LogP) is 11.6. The molecule has 0 aliphatic heterocycles. The lowest BCUT2D eigenvalue weighted by Crippen LogP contribution is -2.32. The minimum absolute atomic E-state index is 0.0137. The van der Waals surface area contributed by atoms with E-state index in [9.17, 15) is 28.8 Å². The first kappa shape index (κ1) is 47.3. The van der Waals surface area contributed by atoms with Gasteiger partial charge in [0.15, 0.2) is 11.6 Å². The molecule has 5 aromatic rings. The maximum atomic E-state index is 13.3. The van der Waals surface area contributed by atoms with Crippen LogP contribution in [-0.2, 0) is 30.9 Å². The summed E-state index contributed by atoms with van der Waals surface area (Å²) in [4.78, 5) is 77.6. The van der Waals surface area contributed by atoms with Crippen LogP contribution in [0.15, 0.2) is 118 Å². The fourth-order valence-corrected chi connectivity index (χ4v) is 6.82. The zero-order valence-electron chi connectivity index (χ0n) is 32.3. The van der Waals surface area contributed by atoms with Gasteiger partial charge in [-0.3, -0.25) is 28.8 Å². The lowest BCUT2D eigenvalue weighted by atomic mass is 10.1. The Morgan fingerprint density at radius 1 is 0.516 bits per heavy atom. The molecule has 5 aromatic carbocycles. The summed E-state index contributed by atoms with van der Waals surface area (Å²) >= 11 is 37.2. The van der Waals surface area contributed by atoms with Crippen LogP contribution in [-0.4, -0.2) is 47.3 Å². The second-order valence-corrected chi connectivity index (χ2v) is 15.4. The molecule has 0 radical (unpaired) electrons. The van der Waals surface area contributed by atoms with E-state index in [4.69, 9.17) is 69.6 Å². The van der Waals surface area contributed by atoms with Gasteiger partial charge in [-0.2, -0.15) is 20.5 Å². The van der Waals surface area contributed by atoms with E-state index in [-0.39, 0.29) is 65.7 Å². The van der Waals surface area contributed by atoms with E-state index in [0.717, 1.165) is 25.0 Å². The van der Waals surface area contributed by atoms with Crippen LogP contribution in [0.2, 0.25) is 20.1 Å². The van der Waals surface area contributed by atoms with E-state index in [1.807, 2.05) is 0 Å². The van der Waals surface area contributed by atoms with E-state index in [1.54, 1.807) is 48.5 Å². The highest BCUT2D eigenvalue weighted by molar-refractivity contribution is 6.40. The zero-order valence-corrected chi connectivity index (χ0v) is 36.8. The number of Topliss-reactive ketones (excluding diaryl/α,β-unsaturated/α-hetero) is 2. The first-order valence-electron chi connectivity index (χ1n) is 18.0. The van der Waals surface area contributed by atoms with E-state index in [1.165, 1.54) is 48.5 Å². The zero-order chi connectivity index (χ0) is 45.1. The van der Waals surface area contributed by atoms with Crippen molar-refractivity contribution < 1.29 is 28.8 Å². The molecular weight excluding hydrogens is 925 g/mol. The molecule has 4 N–H and O–H groups in total. The molecule has 0 aliphatic carbocycles. The van der Waals surface area contributed by atoms with Gasteiger partial charge in [-0.05, 0) is 97.8 Å². The summed E-state index contributed by atoms with van der Waals surface area (Å²) in [6.45, 7) is 2.24. The molecule has 0 saturated carbocycles. The van der Waals surface area contributed by atoms with Crippen molar-refractivity contribution in [3.05, 3.63) is 139 Å². The average molecular weight is 957 g/mol. The summed E-state index contributed by atoms with van der Waals surface area (Å²) in [5.74, 6) is -3.76.